The van der Waals surface area contributed by atoms with E-state index in [1.54, 1.807) is 37.3 Å². The molecule has 1 aliphatic heterocycles. The Bertz CT molecular complexity index is 1250. The van der Waals surface area contributed by atoms with Gasteiger partial charge in [0.25, 0.3) is 0 Å². The number of nitrogens with zero attached hydrogens (tertiary/aromatic N) is 3. The zero-order chi connectivity index (χ0) is 25.2. The third-order valence-electron chi connectivity index (χ3n) is 5.87. The van der Waals surface area contributed by atoms with E-state index in [1.165, 1.54) is 6.07 Å². The molecule has 35 heavy (non-hydrogen) atoms. The fraction of sp³-hybridized carbons (Fsp3) is 0.269. The molecule has 1 unspecified atom stereocenters. The SMILES string of the molecule is CC1CCc2cncc(-c3ccc(NC(=O)Nc4cc(C(F)(F)F)ccc4N(C)C)cc3)c2C=N1. The molecule has 2 N–H and O–H groups in total. The molecule has 3 aromatic rings. The van der Waals surface area contributed by atoms with Crippen molar-refractivity contribution < 1.29 is 18.0 Å². The fourth-order valence-corrected chi connectivity index (χ4v) is 3.96. The number of hydrogen-bond donors (Lipinski definition) is 2. The van der Waals surface area contributed by atoms with Gasteiger partial charge in [-0.3, -0.25) is 9.98 Å². The average molecular weight is 482 g/mol. The fourth-order valence-electron chi connectivity index (χ4n) is 3.96. The molecule has 0 radical (unpaired) electrons. The molecule has 9 heteroatoms. The van der Waals surface area contributed by atoms with Crippen LogP contribution in [0.3, 0.4) is 0 Å². The standard InChI is InChI=1S/C26H26F3N5O/c1-16-4-5-18-13-30-14-21(22(18)15-31-16)17-6-9-20(10-7-17)32-25(35)33-23-12-19(26(27,28)29)8-11-24(23)34(2)3/h6-16H,4-5H2,1-3H3,(H2,32,33,35). The molecule has 0 saturated heterocycles. The number of hydrogen-bond acceptors (Lipinski definition) is 4. The second-order valence-corrected chi connectivity index (χ2v) is 8.71. The van der Waals surface area contributed by atoms with Crippen LogP contribution in [0.25, 0.3) is 11.1 Å². The summed E-state index contributed by atoms with van der Waals surface area (Å²) in [5, 5.41) is 5.21. The first-order chi connectivity index (χ1) is 16.6. The Labute approximate surface area is 201 Å². The quantitative estimate of drug-likeness (QED) is 0.464. The molecular formula is C26H26F3N5O. The highest BCUT2D eigenvalue weighted by atomic mass is 19.4. The number of carbonyl (C=O) groups is 1. The molecule has 0 spiro atoms. The first kappa shape index (κ1) is 24.3. The van der Waals surface area contributed by atoms with E-state index < -0.39 is 17.8 Å². The predicted molar refractivity (Wildman–Crippen MR) is 133 cm³/mol. The normalized spacial score (nSPS) is 15.2. The lowest BCUT2D eigenvalue weighted by molar-refractivity contribution is -0.137. The summed E-state index contributed by atoms with van der Waals surface area (Å²) >= 11 is 0. The largest absolute Gasteiger partial charge is 0.416 e. The van der Waals surface area contributed by atoms with Gasteiger partial charge in [-0.25, -0.2) is 4.79 Å². The van der Waals surface area contributed by atoms with Crippen LogP contribution in [0.1, 0.15) is 30.0 Å². The van der Waals surface area contributed by atoms with Crippen molar-refractivity contribution in [3.05, 3.63) is 71.5 Å². The number of benzene rings is 2. The van der Waals surface area contributed by atoms with Crippen LogP contribution >= 0.6 is 0 Å². The molecule has 0 bridgehead atoms. The Morgan fingerprint density at radius 2 is 1.80 bits per heavy atom. The van der Waals surface area contributed by atoms with Gasteiger partial charge in [-0.2, -0.15) is 13.2 Å². The van der Waals surface area contributed by atoms with Crippen molar-refractivity contribution in [3.8, 4) is 11.1 Å². The summed E-state index contributed by atoms with van der Waals surface area (Å²) in [5.41, 5.74) is 4.25. The number of urea groups is 1. The second-order valence-electron chi connectivity index (χ2n) is 8.71. The topological polar surface area (TPSA) is 69.6 Å². The first-order valence-corrected chi connectivity index (χ1v) is 11.2. The molecule has 182 valence electrons. The number of amides is 2. The molecule has 6 nitrogen and oxygen atoms in total. The Morgan fingerprint density at radius 1 is 1.06 bits per heavy atom. The lowest BCUT2D eigenvalue weighted by Gasteiger charge is -2.20. The number of fused-ring (bicyclic) bond motifs is 1. The molecule has 0 fully saturated rings. The molecule has 0 aliphatic carbocycles. The smallest absolute Gasteiger partial charge is 0.376 e. The Morgan fingerprint density at radius 3 is 2.49 bits per heavy atom. The Hall–Kier alpha value is -3.88. The van der Waals surface area contributed by atoms with Gasteiger partial charge in [-0.05, 0) is 61.2 Å². The van der Waals surface area contributed by atoms with E-state index in [1.807, 2.05) is 24.5 Å². The van der Waals surface area contributed by atoms with Gasteiger partial charge in [0.2, 0.25) is 0 Å². The zero-order valence-electron chi connectivity index (χ0n) is 19.6. The molecule has 2 amide bonds. The van der Waals surface area contributed by atoms with Crippen LogP contribution in [0.4, 0.5) is 35.0 Å². The summed E-state index contributed by atoms with van der Waals surface area (Å²) in [6, 6.07) is 10.1. The molecule has 1 aliphatic rings. The van der Waals surface area contributed by atoms with Crippen molar-refractivity contribution in [3.63, 3.8) is 0 Å². The zero-order valence-corrected chi connectivity index (χ0v) is 19.6. The summed E-state index contributed by atoms with van der Waals surface area (Å²) in [6.07, 6.45) is 2.93. The summed E-state index contributed by atoms with van der Waals surface area (Å²) in [6.45, 7) is 2.09. The van der Waals surface area contributed by atoms with E-state index >= 15 is 0 Å². The predicted octanol–water partition coefficient (Wildman–Crippen LogP) is 6.23. The van der Waals surface area contributed by atoms with Crippen LogP contribution in [0.15, 0.2) is 59.9 Å². The number of halogens is 3. The Balaban J connectivity index is 1.52. The molecule has 0 saturated carbocycles. The maximum Gasteiger partial charge on any atom is 0.416 e. The summed E-state index contributed by atoms with van der Waals surface area (Å²) in [5.74, 6) is 0. The lowest BCUT2D eigenvalue weighted by atomic mass is 9.97. The first-order valence-electron chi connectivity index (χ1n) is 11.2. The third-order valence-corrected chi connectivity index (χ3v) is 5.87. The molecule has 1 atom stereocenters. The van der Waals surface area contributed by atoms with Gasteiger partial charge in [0.05, 0.1) is 16.9 Å². The third kappa shape index (κ3) is 5.62. The Kier molecular flexibility index (Phi) is 6.77. The van der Waals surface area contributed by atoms with Gasteiger partial charge >= 0.3 is 12.2 Å². The molecule has 1 aromatic heterocycles. The lowest BCUT2D eigenvalue weighted by Crippen LogP contribution is -2.22. The van der Waals surface area contributed by atoms with Crippen LogP contribution in [-0.2, 0) is 12.6 Å². The summed E-state index contributed by atoms with van der Waals surface area (Å²) < 4.78 is 39.5. The maximum absolute atomic E-state index is 13.2. The van der Waals surface area contributed by atoms with Crippen LogP contribution in [0.2, 0.25) is 0 Å². The van der Waals surface area contributed by atoms with Crippen molar-refractivity contribution >= 4 is 29.3 Å². The maximum atomic E-state index is 13.2. The highest BCUT2D eigenvalue weighted by molar-refractivity contribution is 6.02. The number of nitrogens with one attached hydrogen (secondary N) is 2. The number of aromatic nitrogens is 1. The van der Waals surface area contributed by atoms with Crippen molar-refractivity contribution in [2.24, 2.45) is 4.99 Å². The van der Waals surface area contributed by atoms with E-state index in [9.17, 15) is 18.0 Å². The number of aliphatic imine (C=N–C) groups is 1. The van der Waals surface area contributed by atoms with Gasteiger partial charge in [0, 0.05) is 55.6 Å². The number of aryl methyl sites for hydroxylation is 1. The van der Waals surface area contributed by atoms with Gasteiger partial charge in [0.1, 0.15) is 0 Å². The monoisotopic (exact) mass is 481 g/mol. The van der Waals surface area contributed by atoms with E-state index in [2.05, 4.69) is 27.5 Å². The van der Waals surface area contributed by atoms with Gasteiger partial charge in [-0.15, -0.1) is 0 Å². The molecular weight excluding hydrogens is 455 g/mol. The van der Waals surface area contributed by atoms with E-state index in [4.69, 9.17) is 0 Å². The van der Waals surface area contributed by atoms with Crippen LogP contribution in [0.5, 0.6) is 0 Å². The minimum absolute atomic E-state index is 0.0607. The molecule has 4 rings (SSSR count). The van der Waals surface area contributed by atoms with Crippen LogP contribution in [-0.4, -0.2) is 37.4 Å². The number of pyridine rings is 1. The van der Waals surface area contributed by atoms with Crippen molar-refractivity contribution in [1.82, 2.24) is 4.98 Å². The van der Waals surface area contributed by atoms with Crippen molar-refractivity contribution in [2.45, 2.75) is 32.0 Å². The summed E-state index contributed by atoms with van der Waals surface area (Å²) in [4.78, 5) is 23.2. The summed E-state index contributed by atoms with van der Waals surface area (Å²) in [7, 11) is 3.38. The van der Waals surface area contributed by atoms with Gasteiger partial charge in [-0.1, -0.05) is 12.1 Å². The number of carbonyl (C=O) groups excluding carboxylic acids is 1. The molecule has 2 aromatic carbocycles. The highest BCUT2D eigenvalue weighted by Gasteiger charge is 2.31. The van der Waals surface area contributed by atoms with Crippen molar-refractivity contribution in [1.29, 1.82) is 0 Å². The van der Waals surface area contributed by atoms with Gasteiger partial charge in [0.15, 0.2) is 0 Å². The molecule has 2 heterocycles. The highest BCUT2D eigenvalue weighted by Crippen LogP contribution is 2.35. The second kappa shape index (κ2) is 9.77. The average Bonchev–Trinajstić information content (AvgIpc) is 3.00. The van der Waals surface area contributed by atoms with E-state index in [-0.39, 0.29) is 11.7 Å². The minimum Gasteiger partial charge on any atom is -0.376 e. The minimum atomic E-state index is -4.51. The number of alkyl halides is 3. The van der Waals surface area contributed by atoms with E-state index in [0.717, 1.165) is 47.2 Å². The van der Waals surface area contributed by atoms with E-state index in [0.29, 0.717) is 11.4 Å². The van der Waals surface area contributed by atoms with Gasteiger partial charge < -0.3 is 15.5 Å². The number of anilines is 3. The van der Waals surface area contributed by atoms with Crippen molar-refractivity contribution in [2.75, 3.05) is 29.6 Å². The number of rotatable bonds is 4. The van der Waals surface area contributed by atoms with Crippen LogP contribution < -0.4 is 15.5 Å². The van der Waals surface area contributed by atoms with Crippen LogP contribution in [0, 0.1) is 0 Å².